The normalized spacial score (nSPS) is 51.8. The second kappa shape index (κ2) is 6.30. The van der Waals surface area contributed by atoms with Gasteiger partial charge < -0.3 is 10.8 Å². The highest BCUT2D eigenvalue weighted by atomic mass is 16.3. The molecule has 4 aliphatic rings. The molecule has 27 heavy (non-hydrogen) atoms. The number of primary amides is 1. The van der Waals surface area contributed by atoms with Gasteiger partial charge >= 0.3 is 0 Å². The van der Waals surface area contributed by atoms with Gasteiger partial charge in [-0.25, -0.2) is 0 Å². The lowest BCUT2D eigenvalue weighted by atomic mass is 9.43. The molecule has 0 bridgehead atoms. The fourth-order valence-electron chi connectivity index (χ4n) is 8.48. The van der Waals surface area contributed by atoms with Crippen LogP contribution in [-0.2, 0) is 9.59 Å². The lowest BCUT2D eigenvalue weighted by Crippen LogP contribution is -2.56. The number of Topliss-reactive ketones (excluding diaryl/α,β-unsaturated/α-hetero) is 1. The summed E-state index contributed by atoms with van der Waals surface area (Å²) in [5, 5.41) is 10.9. The van der Waals surface area contributed by atoms with Gasteiger partial charge in [0.15, 0.2) is 0 Å². The molecule has 152 valence electrons. The molecule has 0 radical (unpaired) electrons. The molecule has 8 atom stereocenters. The number of hydrogen-bond donors (Lipinski definition) is 2. The van der Waals surface area contributed by atoms with E-state index in [0.717, 1.165) is 31.6 Å². The van der Waals surface area contributed by atoms with E-state index in [9.17, 15) is 14.7 Å². The Morgan fingerprint density at radius 1 is 0.963 bits per heavy atom. The van der Waals surface area contributed by atoms with E-state index < -0.39 is 5.60 Å². The maximum atomic E-state index is 12.3. The Bertz CT molecular complexity index is 648. The molecule has 0 saturated heterocycles. The third-order valence-corrected chi connectivity index (χ3v) is 9.81. The molecular weight excluding hydrogens is 338 g/mol. The van der Waals surface area contributed by atoms with E-state index in [0.29, 0.717) is 30.0 Å². The van der Waals surface area contributed by atoms with Crippen LogP contribution in [0.3, 0.4) is 0 Å². The average Bonchev–Trinajstić information content (AvgIpc) is 2.92. The van der Waals surface area contributed by atoms with Crippen molar-refractivity contribution < 1.29 is 14.7 Å². The first kappa shape index (κ1) is 19.4. The highest BCUT2D eigenvalue weighted by Gasteiger charge is 2.61. The number of hydrogen-bond acceptors (Lipinski definition) is 3. The van der Waals surface area contributed by atoms with Gasteiger partial charge in [0.2, 0.25) is 5.91 Å². The second-order valence-electron chi connectivity index (χ2n) is 11.0. The van der Waals surface area contributed by atoms with E-state index in [1.807, 2.05) is 0 Å². The standard InChI is InChI=1S/C23H37NO3/c1-14(25)17-6-7-18-16-5-4-15-12-23(27,13-20(24)26)11-10-21(15,2)19(16)8-9-22(17,18)3/h15-19,27H,4-13H2,1-3H3,(H2,24,26)/t15-,16?,17+,18?,19?,21-,22+,23+/m0/s1. The zero-order chi connectivity index (χ0) is 19.6. The molecule has 0 aromatic heterocycles. The van der Waals surface area contributed by atoms with Crippen LogP contribution >= 0.6 is 0 Å². The first-order valence-electron chi connectivity index (χ1n) is 11.1. The van der Waals surface area contributed by atoms with E-state index in [1.54, 1.807) is 6.92 Å². The Kier molecular flexibility index (Phi) is 4.53. The number of carbonyl (C=O) groups excluding carboxylic acids is 2. The fraction of sp³-hybridized carbons (Fsp3) is 0.913. The van der Waals surface area contributed by atoms with Gasteiger partial charge in [-0.1, -0.05) is 13.8 Å². The molecule has 4 rings (SSSR count). The summed E-state index contributed by atoms with van der Waals surface area (Å²) in [4.78, 5) is 23.7. The summed E-state index contributed by atoms with van der Waals surface area (Å²) in [5.74, 6) is 2.90. The number of nitrogens with two attached hydrogens (primary N) is 1. The van der Waals surface area contributed by atoms with Crippen LogP contribution in [0.25, 0.3) is 0 Å². The highest BCUT2D eigenvalue weighted by molar-refractivity contribution is 5.79. The van der Waals surface area contributed by atoms with Crippen LogP contribution in [0.4, 0.5) is 0 Å². The minimum atomic E-state index is -0.890. The summed E-state index contributed by atoms with van der Waals surface area (Å²) in [6, 6.07) is 0. The number of fused-ring (bicyclic) bond motifs is 5. The Morgan fingerprint density at radius 2 is 1.67 bits per heavy atom. The zero-order valence-corrected chi connectivity index (χ0v) is 17.3. The summed E-state index contributed by atoms with van der Waals surface area (Å²) in [6.45, 7) is 6.65. The summed E-state index contributed by atoms with van der Waals surface area (Å²) in [5.41, 5.74) is 4.98. The van der Waals surface area contributed by atoms with Gasteiger partial charge in [0.25, 0.3) is 0 Å². The van der Waals surface area contributed by atoms with Crippen molar-refractivity contribution in [2.24, 2.45) is 46.2 Å². The van der Waals surface area contributed by atoms with Crippen LogP contribution in [0.2, 0.25) is 0 Å². The number of amides is 1. The molecule has 0 aromatic rings. The van der Waals surface area contributed by atoms with Crippen molar-refractivity contribution in [1.82, 2.24) is 0 Å². The summed E-state index contributed by atoms with van der Waals surface area (Å²) >= 11 is 0. The first-order valence-corrected chi connectivity index (χ1v) is 11.1. The van der Waals surface area contributed by atoms with Crippen molar-refractivity contribution in [3.05, 3.63) is 0 Å². The molecule has 4 nitrogen and oxygen atoms in total. The monoisotopic (exact) mass is 375 g/mol. The Balaban J connectivity index is 1.56. The minimum Gasteiger partial charge on any atom is -0.389 e. The van der Waals surface area contributed by atoms with E-state index in [4.69, 9.17) is 5.73 Å². The fourth-order valence-corrected chi connectivity index (χ4v) is 8.48. The molecule has 4 aliphatic carbocycles. The first-order chi connectivity index (χ1) is 12.6. The van der Waals surface area contributed by atoms with E-state index in [1.165, 1.54) is 25.7 Å². The minimum absolute atomic E-state index is 0.106. The second-order valence-corrected chi connectivity index (χ2v) is 11.0. The molecule has 0 spiro atoms. The summed E-state index contributed by atoms with van der Waals surface area (Å²) in [7, 11) is 0. The van der Waals surface area contributed by atoms with E-state index >= 15 is 0 Å². The van der Waals surface area contributed by atoms with Crippen molar-refractivity contribution in [2.75, 3.05) is 0 Å². The molecule has 4 fully saturated rings. The van der Waals surface area contributed by atoms with Crippen molar-refractivity contribution in [3.8, 4) is 0 Å². The predicted octanol–water partition coefficient (Wildman–Crippen LogP) is 3.84. The lowest BCUT2D eigenvalue weighted by molar-refractivity contribution is -0.158. The Labute approximate surface area is 163 Å². The quantitative estimate of drug-likeness (QED) is 0.786. The zero-order valence-electron chi connectivity index (χ0n) is 17.3. The molecule has 0 aromatic carbocycles. The van der Waals surface area contributed by atoms with Crippen molar-refractivity contribution >= 4 is 11.7 Å². The topological polar surface area (TPSA) is 80.4 Å². The van der Waals surface area contributed by atoms with Crippen molar-refractivity contribution in [2.45, 2.75) is 90.6 Å². The molecular formula is C23H37NO3. The molecule has 4 saturated carbocycles. The van der Waals surface area contributed by atoms with Crippen LogP contribution in [0.15, 0.2) is 0 Å². The number of aliphatic hydroxyl groups is 1. The third kappa shape index (κ3) is 2.89. The van der Waals surface area contributed by atoms with Crippen LogP contribution in [-0.4, -0.2) is 22.4 Å². The number of rotatable bonds is 3. The van der Waals surface area contributed by atoms with Crippen LogP contribution in [0.5, 0.6) is 0 Å². The van der Waals surface area contributed by atoms with Gasteiger partial charge in [-0.15, -0.1) is 0 Å². The Hall–Kier alpha value is -0.900. The largest absolute Gasteiger partial charge is 0.389 e. The molecule has 4 heteroatoms. The molecule has 3 N–H and O–H groups in total. The smallest absolute Gasteiger partial charge is 0.220 e. The van der Waals surface area contributed by atoms with Gasteiger partial charge in [0, 0.05) is 5.92 Å². The van der Waals surface area contributed by atoms with Crippen LogP contribution in [0.1, 0.15) is 85.0 Å². The van der Waals surface area contributed by atoms with E-state index in [-0.39, 0.29) is 29.1 Å². The predicted molar refractivity (Wildman–Crippen MR) is 105 cm³/mol. The van der Waals surface area contributed by atoms with Gasteiger partial charge in [0.1, 0.15) is 5.78 Å². The number of carbonyl (C=O) groups is 2. The molecule has 3 unspecified atom stereocenters. The lowest BCUT2D eigenvalue weighted by Gasteiger charge is -2.62. The summed E-state index contributed by atoms with van der Waals surface area (Å²) in [6.07, 6.45) is 9.61. The average molecular weight is 376 g/mol. The SMILES string of the molecule is CC(=O)[C@H]1CCC2C3CC[C@H]4C[C@@](O)(CC(N)=O)CC[C@]4(C)C3CC[C@@]21C. The highest BCUT2D eigenvalue weighted by Crippen LogP contribution is 2.68. The molecule has 1 amide bonds. The van der Waals surface area contributed by atoms with Gasteiger partial charge in [-0.3, -0.25) is 9.59 Å². The maximum absolute atomic E-state index is 12.3. The van der Waals surface area contributed by atoms with Gasteiger partial charge in [-0.05, 0) is 99.2 Å². The Morgan fingerprint density at radius 3 is 2.33 bits per heavy atom. The summed E-state index contributed by atoms with van der Waals surface area (Å²) < 4.78 is 0. The van der Waals surface area contributed by atoms with Crippen LogP contribution in [0, 0.1) is 40.4 Å². The van der Waals surface area contributed by atoms with Crippen molar-refractivity contribution in [3.63, 3.8) is 0 Å². The van der Waals surface area contributed by atoms with Crippen molar-refractivity contribution in [1.29, 1.82) is 0 Å². The molecule has 0 heterocycles. The third-order valence-electron chi connectivity index (χ3n) is 9.81. The van der Waals surface area contributed by atoms with E-state index in [2.05, 4.69) is 13.8 Å². The maximum Gasteiger partial charge on any atom is 0.220 e. The number of ketones is 1. The molecule has 0 aliphatic heterocycles. The van der Waals surface area contributed by atoms with Crippen LogP contribution < -0.4 is 5.73 Å². The van der Waals surface area contributed by atoms with Gasteiger partial charge in [-0.2, -0.15) is 0 Å². The van der Waals surface area contributed by atoms with Gasteiger partial charge in [0.05, 0.1) is 12.0 Å².